The first-order valence-corrected chi connectivity index (χ1v) is 6.23. The van der Waals surface area contributed by atoms with E-state index in [9.17, 15) is 9.59 Å². The number of hydrogen-bond acceptors (Lipinski definition) is 3. The summed E-state index contributed by atoms with van der Waals surface area (Å²) in [7, 11) is 0. The number of fused-ring (bicyclic) bond motifs is 1. The molecule has 17 heavy (non-hydrogen) atoms. The Labute approximate surface area is 105 Å². The van der Waals surface area contributed by atoms with Gasteiger partial charge in [-0.05, 0) is 18.1 Å². The lowest BCUT2D eigenvalue weighted by atomic mass is 10.1. The standard InChI is InChI=1S/C12H10BrNO3/c13-7-2-1-4-8-5-3-6-9-10(8)11(15)17-12(16)14-9/h1,3-6H,2,7H2,(H,14,16). The van der Waals surface area contributed by atoms with Crippen LogP contribution in [0.3, 0.4) is 0 Å². The summed E-state index contributed by atoms with van der Waals surface area (Å²) < 4.78 is 4.53. The fourth-order valence-electron chi connectivity index (χ4n) is 1.59. The van der Waals surface area contributed by atoms with Crippen LogP contribution in [0.1, 0.15) is 12.0 Å². The van der Waals surface area contributed by atoms with E-state index in [0.717, 1.165) is 17.3 Å². The van der Waals surface area contributed by atoms with Crippen molar-refractivity contribution in [1.29, 1.82) is 0 Å². The first-order valence-electron chi connectivity index (χ1n) is 5.11. The Bertz CT molecular complexity index is 669. The van der Waals surface area contributed by atoms with Gasteiger partial charge in [0.25, 0.3) is 0 Å². The van der Waals surface area contributed by atoms with Crippen LogP contribution in [0.5, 0.6) is 0 Å². The molecule has 1 N–H and O–H groups in total. The number of H-pyrrole nitrogens is 1. The van der Waals surface area contributed by atoms with Gasteiger partial charge in [0.05, 0.1) is 10.9 Å². The van der Waals surface area contributed by atoms with Crippen molar-refractivity contribution in [3.8, 4) is 0 Å². The molecule has 0 spiro atoms. The average Bonchev–Trinajstić information content (AvgIpc) is 2.28. The van der Waals surface area contributed by atoms with Crippen molar-refractivity contribution >= 4 is 32.9 Å². The monoisotopic (exact) mass is 295 g/mol. The van der Waals surface area contributed by atoms with E-state index in [-0.39, 0.29) is 0 Å². The van der Waals surface area contributed by atoms with E-state index < -0.39 is 11.4 Å². The third-order valence-corrected chi connectivity index (χ3v) is 2.75. The summed E-state index contributed by atoms with van der Waals surface area (Å²) in [6, 6.07) is 5.27. The molecule has 0 radical (unpaired) electrons. The van der Waals surface area contributed by atoms with Gasteiger partial charge in [-0.2, -0.15) is 0 Å². The van der Waals surface area contributed by atoms with E-state index in [0.29, 0.717) is 10.9 Å². The predicted octanol–water partition coefficient (Wildman–Crippen LogP) is 2.28. The Balaban J connectivity index is 2.65. The van der Waals surface area contributed by atoms with E-state index in [1.54, 1.807) is 12.1 Å². The zero-order chi connectivity index (χ0) is 12.3. The molecule has 88 valence electrons. The van der Waals surface area contributed by atoms with E-state index >= 15 is 0 Å². The Morgan fingerprint density at radius 1 is 1.35 bits per heavy atom. The Morgan fingerprint density at radius 3 is 2.94 bits per heavy atom. The van der Waals surface area contributed by atoms with Crippen LogP contribution < -0.4 is 11.4 Å². The molecule has 0 saturated carbocycles. The molecule has 1 heterocycles. The van der Waals surface area contributed by atoms with Crippen LogP contribution in [-0.4, -0.2) is 10.3 Å². The predicted molar refractivity (Wildman–Crippen MR) is 70.5 cm³/mol. The largest absolute Gasteiger partial charge is 0.419 e. The molecule has 0 unspecified atom stereocenters. The molecule has 2 rings (SSSR count). The summed E-state index contributed by atoms with van der Waals surface area (Å²) in [5.41, 5.74) is 0.628. The fraction of sp³-hybridized carbons (Fsp3) is 0.167. The normalized spacial score (nSPS) is 11.4. The molecule has 0 fully saturated rings. The molecular weight excluding hydrogens is 286 g/mol. The summed E-state index contributed by atoms with van der Waals surface area (Å²) in [5, 5.41) is 1.26. The quantitative estimate of drug-likeness (QED) is 0.884. The molecular formula is C12H10BrNO3. The maximum absolute atomic E-state index is 11.6. The second kappa shape index (κ2) is 5.14. The van der Waals surface area contributed by atoms with Crippen LogP contribution in [0, 0.1) is 0 Å². The molecule has 0 saturated heterocycles. The van der Waals surface area contributed by atoms with Crippen molar-refractivity contribution < 1.29 is 4.42 Å². The van der Waals surface area contributed by atoms with Crippen LogP contribution in [-0.2, 0) is 0 Å². The van der Waals surface area contributed by atoms with Crippen LogP contribution >= 0.6 is 15.9 Å². The van der Waals surface area contributed by atoms with Crippen molar-refractivity contribution in [2.45, 2.75) is 6.42 Å². The highest BCUT2D eigenvalue weighted by molar-refractivity contribution is 9.09. The molecule has 5 heteroatoms. The van der Waals surface area contributed by atoms with Crippen LogP contribution in [0.4, 0.5) is 0 Å². The van der Waals surface area contributed by atoms with Gasteiger partial charge >= 0.3 is 11.4 Å². The molecule has 4 nitrogen and oxygen atoms in total. The van der Waals surface area contributed by atoms with Gasteiger partial charge in [0.15, 0.2) is 0 Å². The van der Waals surface area contributed by atoms with Gasteiger partial charge in [-0.15, -0.1) is 0 Å². The van der Waals surface area contributed by atoms with Crippen LogP contribution in [0.15, 0.2) is 38.3 Å². The van der Waals surface area contributed by atoms with Gasteiger partial charge in [-0.3, -0.25) is 4.98 Å². The van der Waals surface area contributed by atoms with E-state index in [1.165, 1.54) is 0 Å². The van der Waals surface area contributed by atoms with Gasteiger partial charge in [0.2, 0.25) is 0 Å². The van der Waals surface area contributed by atoms with Crippen LogP contribution in [0.2, 0.25) is 0 Å². The highest BCUT2D eigenvalue weighted by atomic mass is 79.9. The number of halogens is 1. The molecule has 0 atom stereocenters. The number of benzene rings is 1. The minimum Gasteiger partial charge on any atom is -0.372 e. The number of allylic oxidation sites excluding steroid dienone is 1. The summed E-state index contributed by atoms with van der Waals surface area (Å²) in [5.74, 6) is -0.732. The van der Waals surface area contributed by atoms with E-state index in [4.69, 9.17) is 0 Å². The lowest BCUT2D eigenvalue weighted by molar-refractivity contribution is 0.460. The van der Waals surface area contributed by atoms with Crippen molar-refractivity contribution in [2.24, 2.45) is 0 Å². The third kappa shape index (κ3) is 2.55. The van der Waals surface area contributed by atoms with Crippen molar-refractivity contribution in [1.82, 2.24) is 4.98 Å². The highest BCUT2D eigenvalue weighted by Crippen LogP contribution is 2.13. The van der Waals surface area contributed by atoms with Crippen molar-refractivity contribution in [2.75, 3.05) is 5.33 Å². The number of aromatic nitrogens is 1. The lowest BCUT2D eigenvalue weighted by Crippen LogP contribution is -2.15. The fourth-order valence-corrected chi connectivity index (χ4v) is 1.85. The maximum Gasteiger partial charge on any atom is 0.419 e. The molecule has 2 aromatic rings. The van der Waals surface area contributed by atoms with Crippen LogP contribution in [0.25, 0.3) is 17.0 Å². The Morgan fingerprint density at radius 2 is 2.18 bits per heavy atom. The summed E-state index contributed by atoms with van der Waals surface area (Å²) in [6.45, 7) is 0. The summed E-state index contributed by atoms with van der Waals surface area (Å²) >= 11 is 3.32. The van der Waals surface area contributed by atoms with Gasteiger partial charge in [-0.25, -0.2) is 9.59 Å². The number of hydrogen-bond donors (Lipinski definition) is 1. The van der Waals surface area contributed by atoms with Gasteiger partial charge in [0.1, 0.15) is 0 Å². The molecule has 0 amide bonds. The molecule has 0 aliphatic carbocycles. The topological polar surface area (TPSA) is 63.1 Å². The SMILES string of the molecule is O=c1[nH]c2cccc(C=CCCBr)c2c(=O)o1. The first kappa shape index (κ1) is 11.9. The smallest absolute Gasteiger partial charge is 0.372 e. The second-order valence-electron chi connectivity index (χ2n) is 3.45. The second-order valence-corrected chi connectivity index (χ2v) is 4.24. The molecule has 1 aromatic heterocycles. The van der Waals surface area contributed by atoms with Gasteiger partial charge in [0, 0.05) is 5.33 Å². The minimum atomic E-state index is -0.732. The van der Waals surface area contributed by atoms with Gasteiger partial charge in [-0.1, -0.05) is 40.2 Å². The summed E-state index contributed by atoms with van der Waals surface area (Å²) in [6.07, 6.45) is 4.66. The number of alkyl halides is 1. The molecule has 0 aliphatic rings. The Kier molecular flexibility index (Phi) is 3.58. The van der Waals surface area contributed by atoms with E-state index in [1.807, 2.05) is 18.2 Å². The summed E-state index contributed by atoms with van der Waals surface area (Å²) in [4.78, 5) is 25.1. The highest BCUT2D eigenvalue weighted by Gasteiger charge is 2.05. The Hall–Kier alpha value is -1.62. The third-order valence-electron chi connectivity index (χ3n) is 2.30. The minimum absolute atomic E-state index is 0.401. The maximum atomic E-state index is 11.6. The van der Waals surface area contributed by atoms with Crippen molar-refractivity contribution in [3.63, 3.8) is 0 Å². The molecule has 0 aliphatic heterocycles. The first-order chi connectivity index (χ1) is 8.22. The zero-order valence-corrected chi connectivity index (χ0v) is 10.5. The molecule has 1 aromatic carbocycles. The average molecular weight is 296 g/mol. The number of nitrogens with one attached hydrogen (secondary N) is 1. The molecule has 0 bridgehead atoms. The van der Waals surface area contributed by atoms with E-state index in [2.05, 4.69) is 25.3 Å². The number of rotatable bonds is 3. The van der Waals surface area contributed by atoms with Crippen molar-refractivity contribution in [3.05, 3.63) is 50.8 Å². The zero-order valence-electron chi connectivity index (χ0n) is 8.90. The number of aromatic amines is 1. The van der Waals surface area contributed by atoms with Gasteiger partial charge < -0.3 is 4.42 Å². The lowest BCUT2D eigenvalue weighted by Gasteiger charge is -1.99.